The number of halogens is 1. The zero-order valence-electron chi connectivity index (χ0n) is 12.2. The zero-order valence-corrected chi connectivity index (χ0v) is 12.2. The summed E-state index contributed by atoms with van der Waals surface area (Å²) in [6, 6.07) is 6.03. The highest BCUT2D eigenvalue weighted by Gasteiger charge is 2.05. The molecule has 0 aliphatic rings. The summed E-state index contributed by atoms with van der Waals surface area (Å²) in [5, 5.41) is 10.2. The van der Waals surface area contributed by atoms with Crippen LogP contribution in [0, 0.1) is 12.7 Å². The van der Waals surface area contributed by atoms with Crippen molar-refractivity contribution < 1.29 is 4.39 Å². The third-order valence-corrected chi connectivity index (χ3v) is 3.20. The van der Waals surface area contributed by atoms with Gasteiger partial charge < -0.3 is 10.6 Å². The van der Waals surface area contributed by atoms with E-state index in [2.05, 4.69) is 15.7 Å². The average Bonchev–Trinajstić information content (AvgIpc) is 2.46. The van der Waals surface area contributed by atoms with Gasteiger partial charge in [0.15, 0.2) is 0 Å². The van der Waals surface area contributed by atoms with Crippen LogP contribution in [0.4, 0.5) is 10.1 Å². The molecule has 0 fully saturated rings. The number of rotatable bonds is 6. The van der Waals surface area contributed by atoms with E-state index in [1.54, 1.807) is 12.3 Å². The number of benzene rings is 1. The molecular weight excluding hydrogens is 271 g/mol. The van der Waals surface area contributed by atoms with Crippen molar-refractivity contribution in [3.05, 3.63) is 57.8 Å². The molecule has 0 saturated carbocycles. The van der Waals surface area contributed by atoms with Gasteiger partial charge in [0, 0.05) is 19.2 Å². The third-order valence-electron chi connectivity index (χ3n) is 3.20. The lowest BCUT2D eigenvalue weighted by atomic mass is 10.1. The largest absolute Gasteiger partial charge is 0.382 e. The first-order chi connectivity index (χ1) is 10.1. The Balaban J connectivity index is 2.14. The normalized spacial score (nSPS) is 10.6. The van der Waals surface area contributed by atoms with Crippen LogP contribution in [0.1, 0.15) is 11.1 Å². The van der Waals surface area contributed by atoms with Gasteiger partial charge in [0.05, 0.1) is 18.4 Å². The lowest BCUT2D eigenvalue weighted by molar-refractivity contribution is 0.609. The summed E-state index contributed by atoms with van der Waals surface area (Å²) in [4.78, 5) is 12.0. The van der Waals surface area contributed by atoms with Gasteiger partial charge in [0.2, 0.25) is 0 Å². The fourth-order valence-electron chi connectivity index (χ4n) is 1.95. The predicted molar refractivity (Wildman–Crippen MR) is 81.2 cm³/mol. The first-order valence-corrected chi connectivity index (χ1v) is 6.81. The van der Waals surface area contributed by atoms with Gasteiger partial charge in [-0.15, -0.1) is 0 Å². The molecule has 21 heavy (non-hydrogen) atoms. The summed E-state index contributed by atoms with van der Waals surface area (Å²) in [6.45, 7) is 3.66. The lowest BCUT2D eigenvalue weighted by Gasteiger charge is -2.09. The predicted octanol–water partition coefficient (Wildman–Crippen LogP) is 1.37. The molecule has 1 aromatic carbocycles. The van der Waals surface area contributed by atoms with Gasteiger partial charge in [0.1, 0.15) is 5.82 Å². The van der Waals surface area contributed by atoms with Crippen LogP contribution in [0.25, 0.3) is 0 Å². The summed E-state index contributed by atoms with van der Waals surface area (Å²) < 4.78 is 14.6. The van der Waals surface area contributed by atoms with Crippen LogP contribution >= 0.6 is 0 Å². The number of hydrogen-bond donors (Lipinski definition) is 2. The number of anilines is 1. The van der Waals surface area contributed by atoms with Crippen molar-refractivity contribution >= 4 is 5.69 Å². The second kappa shape index (κ2) is 6.99. The van der Waals surface area contributed by atoms with Crippen LogP contribution in [0.5, 0.6) is 0 Å². The molecule has 0 saturated heterocycles. The minimum Gasteiger partial charge on any atom is -0.382 e. The van der Waals surface area contributed by atoms with Crippen molar-refractivity contribution in [2.45, 2.75) is 13.5 Å². The van der Waals surface area contributed by atoms with Crippen molar-refractivity contribution in [2.75, 3.05) is 25.5 Å². The van der Waals surface area contributed by atoms with Gasteiger partial charge in [0.25, 0.3) is 5.56 Å². The molecule has 2 aromatic rings. The maximum Gasteiger partial charge on any atom is 0.269 e. The van der Waals surface area contributed by atoms with Gasteiger partial charge >= 0.3 is 0 Å². The number of aromatic nitrogens is 2. The van der Waals surface area contributed by atoms with E-state index < -0.39 is 0 Å². The van der Waals surface area contributed by atoms with Crippen molar-refractivity contribution in [3.8, 4) is 0 Å². The van der Waals surface area contributed by atoms with Crippen molar-refractivity contribution in [3.63, 3.8) is 0 Å². The van der Waals surface area contributed by atoms with Crippen molar-refractivity contribution in [2.24, 2.45) is 0 Å². The SMILES string of the molecule is CNCCNc1cnn(Cc2cc(F)ccc2C)c(=O)c1. The smallest absolute Gasteiger partial charge is 0.269 e. The number of aryl methyl sites for hydroxylation is 1. The monoisotopic (exact) mass is 290 g/mol. The van der Waals surface area contributed by atoms with Crippen LogP contribution in [0.2, 0.25) is 0 Å². The lowest BCUT2D eigenvalue weighted by Crippen LogP contribution is -2.24. The number of nitrogens with one attached hydrogen (secondary N) is 2. The topological polar surface area (TPSA) is 59.0 Å². The Labute approximate surface area is 122 Å². The van der Waals surface area contributed by atoms with Gasteiger partial charge in [-0.05, 0) is 37.2 Å². The van der Waals surface area contributed by atoms with Crippen LogP contribution < -0.4 is 16.2 Å². The van der Waals surface area contributed by atoms with Gasteiger partial charge in [-0.25, -0.2) is 9.07 Å². The summed E-state index contributed by atoms with van der Waals surface area (Å²) in [5.41, 5.74) is 2.15. The van der Waals surface area contributed by atoms with Gasteiger partial charge in [-0.2, -0.15) is 5.10 Å². The molecule has 2 N–H and O–H groups in total. The van der Waals surface area contributed by atoms with Gasteiger partial charge in [-0.3, -0.25) is 4.79 Å². The second-order valence-corrected chi connectivity index (χ2v) is 4.84. The maximum atomic E-state index is 13.3. The Morgan fingerprint density at radius 1 is 1.29 bits per heavy atom. The Bertz CT molecular complexity index is 669. The van der Waals surface area contributed by atoms with Crippen LogP contribution in [0.15, 0.2) is 35.3 Å². The molecule has 0 radical (unpaired) electrons. The summed E-state index contributed by atoms with van der Waals surface area (Å²) in [7, 11) is 1.86. The second-order valence-electron chi connectivity index (χ2n) is 4.84. The minimum atomic E-state index is -0.311. The molecule has 0 amide bonds. The standard InChI is InChI=1S/C15H19FN4O/c1-11-3-4-13(16)7-12(11)10-20-15(21)8-14(9-19-20)18-6-5-17-2/h3-4,7-9,17-18H,5-6,10H2,1-2H3. The van der Waals surface area contributed by atoms with Crippen molar-refractivity contribution in [1.82, 2.24) is 15.1 Å². The first-order valence-electron chi connectivity index (χ1n) is 6.81. The molecule has 1 heterocycles. The highest BCUT2D eigenvalue weighted by Crippen LogP contribution is 2.11. The summed E-state index contributed by atoms with van der Waals surface area (Å²) in [5.74, 6) is -0.311. The summed E-state index contributed by atoms with van der Waals surface area (Å²) >= 11 is 0. The molecule has 0 aliphatic carbocycles. The first kappa shape index (κ1) is 15.2. The Morgan fingerprint density at radius 3 is 2.81 bits per heavy atom. The fraction of sp³-hybridized carbons (Fsp3) is 0.333. The van der Waals surface area contributed by atoms with Crippen molar-refractivity contribution in [1.29, 1.82) is 0 Å². The van der Waals surface area contributed by atoms with E-state index in [1.807, 2.05) is 14.0 Å². The summed E-state index contributed by atoms with van der Waals surface area (Å²) in [6.07, 6.45) is 1.60. The van der Waals surface area contributed by atoms with E-state index in [0.29, 0.717) is 12.2 Å². The number of hydrogen-bond acceptors (Lipinski definition) is 4. The molecular formula is C15H19FN4O. The highest BCUT2D eigenvalue weighted by molar-refractivity contribution is 5.38. The Hall–Kier alpha value is -2.21. The minimum absolute atomic E-state index is 0.215. The molecule has 2 rings (SSSR count). The molecule has 0 unspecified atom stereocenters. The van der Waals surface area contributed by atoms with E-state index in [-0.39, 0.29) is 17.9 Å². The molecule has 0 bridgehead atoms. The van der Waals surface area contributed by atoms with E-state index in [0.717, 1.165) is 17.7 Å². The molecule has 6 heteroatoms. The fourth-order valence-corrected chi connectivity index (χ4v) is 1.95. The van der Waals surface area contributed by atoms with Crippen LogP contribution in [-0.2, 0) is 6.54 Å². The van der Waals surface area contributed by atoms with Crippen LogP contribution in [-0.4, -0.2) is 29.9 Å². The van der Waals surface area contributed by atoms with Gasteiger partial charge in [-0.1, -0.05) is 6.07 Å². The quantitative estimate of drug-likeness (QED) is 0.789. The average molecular weight is 290 g/mol. The van der Waals surface area contributed by atoms with E-state index in [9.17, 15) is 9.18 Å². The third kappa shape index (κ3) is 4.13. The molecule has 112 valence electrons. The van der Waals surface area contributed by atoms with Crippen LogP contribution in [0.3, 0.4) is 0 Å². The molecule has 0 aliphatic heterocycles. The van der Waals surface area contributed by atoms with E-state index in [4.69, 9.17) is 0 Å². The van der Waals surface area contributed by atoms with E-state index >= 15 is 0 Å². The molecule has 1 aromatic heterocycles. The Kier molecular flexibility index (Phi) is 5.05. The molecule has 0 atom stereocenters. The maximum absolute atomic E-state index is 13.3. The zero-order chi connectivity index (χ0) is 15.2. The molecule has 0 spiro atoms. The number of nitrogens with zero attached hydrogens (tertiary/aromatic N) is 2. The Morgan fingerprint density at radius 2 is 2.10 bits per heavy atom. The van der Waals surface area contributed by atoms with E-state index in [1.165, 1.54) is 22.9 Å². The highest BCUT2D eigenvalue weighted by atomic mass is 19.1. The number of likely N-dealkylation sites (N-methyl/N-ethyl adjacent to an activating group) is 1. The molecule has 5 nitrogen and oxygen atoms in total.